The summed E-state index contributed by atoms with van der Waals surface area (Å²) in [5, 5.41) is 25.8. The predicted molar refractivity (Wildman–Crippen MR) is 269 cm³/mol. The second-order valence-electron chi connectivity index (χ2n) is 15.3. The van der Waals surface area contributed by atoms with Crippen LogP contribution in [0, 0.1) is 0 Å². The van der Waals surface area contributed by atoms with E-state index in [1.54, 1.807) is 57.2 Å². The number of benzene rings is 5. The van der Waals surface area contributed by atoms with Crippen LogP contribution in [0.2, 0.25) is 10.0 Å². The number of azo groups is 2. The number of amides is 4. The van der Waals surface area contributed by atoms with Gasteiger partial charge in [-0.25, -0.2) is 0 Å². The van der Waals surface area contributed by atoms with E-state index in [1.165, 1.54) is 68.8 Å². The van der Waals surface area contributed by atoms with Crippen molar-refractivity contribution in [3.05, 3.63) is 129 Å². The Hall–Kier alpha value is -6.43. The van der Waals surface area contributed by atoms with Crippen molar-refractivity contribution in [2.24, 2.45) is 20.5 Å². The van der Waals surface area contributed by atoms with Crippen molar-refractivity contribution in [3.63, 3.8) is 0 Å². The smallest absolute Gasteiger partial charge is 0.258 e. The minimum Gasteiger partial charge on any atom is -0.495 e. The lowest BCUT2D eigenvalue weighted by Gasteiger charge is -2.17. The lowest BCUT2D eigenvalue weighted by atomic mass is 10.1. The molecule has 0 saturated heterocycles. The highest BCUT2D eigenvalue weighted by Gasteiger charge is 2.27. The zero-order valence-electron chi connectivity index (χ0n) is 38.0. The van der Waals surface area contributed by atoms with Crippen LogP contribution in [0.4, 0.5) is 34.1 Å². The van der Waals surface area contributed by atoms with Gasteiger partial charge in [0, 0.05) is 32.5 Å². The molecule has 69 heavy (non-hydrogen) atoms. The van der Waals surface area contributed by atoms with Gasteiger partial charge in [-0.15, -0.1) is 34.8 Å². The van der Waals surface area contributed by atoms with Crippen LogP contribution in [0.15, 0.2) is 111 Å². The summed E-state index contributed by atoms with van der Waals surface area (Å²) < 4.78 is 10.8. The van der Waals surface area contributed by atoms with Crippen molar-refractivity contribution in [1.82, 2.24) is 0 Å². The highest BCUT2D eigenvalue weighted by molar-refractivity contribution is 6.32. The number of carbonyl (C=O) groups is 6. The predicted octanol–water partition coefficient (Wildman–Crippen LogP) is 12.8. The monoisotopic (exact) mass is 1040 g/mol. The average molecular weight is 1040 g/mol. The van der Waals surface area contributed by atoms with Crippen LogP contribution >= 0.6 is 58.0 Å². The van der Waals surface area contributed by atoms with E-state index in [2.05, 4.69) is 41.7 Å². The Kier molecular flexibility index (Phi) is 18.8. The summed E-state index contributed by atoms with van der Waals surface area (Å²) in [4.78, 5) is 79.0. The van der Waals surface area contributed by atoms with Crippen LogP contribution in [0.25, 0.3) is 0 Å². The van der Waals surface area contributed by atoms with Crippen molar-refractivity contribution in [2.45, 2.75) is 62.8 Å². The van der Waals surface area contributed by atoms with E-state index in [4.69, 9.17) is 67.5 Å². The Morgan fingerprint density at radius 3 is 1.32 bits per heavy atom. The molecule has 0 bridgehead atoms. The second kappa shape index (κ2) is 24.2. The summed E-state index contributed by atoms with van der Waals surface area (Å²) in [5.74, 6) is -3.37. The number of carbonyl (C=O) groups excluding carboxylic acids is 6. The first-order chi connectivity index (χ1) is 32.7. The summed E-state index contributed by atoms with van der Waals surface area (Å²) in [5.41, 5.74) is 3.36. The number of halogens is 5. The molecule has 0 aliphatic carbocycles. The third-order valence-electron chi connectivity index (χ3n) is 10.0. The fraction of sp³-hybridized carbons (Fsp3) is 0.250. The molecular formula is C48H45Cl5N8O8. The fourth-order valence-corrected chi connectivity index (χ4v) is 7.32. The maximum absolute atomic E-state index is 13.5. The van der Waals surface area contributed by atoms with Gasteiger partial charge in [0.2, 0.25) is 12.1 Å². The summed E-state index contributed by atoms with van der Waals surface area (Å²) in [6, 6.07) is 19.6. The number of ether oxygens (including phenoxy) is 2. The number of nitrogens with one attached hydrogen (secondary N) is 4. The van der Waals surface area contributed by atoms with Gasteiger partial charge in [0.05, 0.1) is 53.1 Å². The molecule has 4 amide bonds. The molecule has 5 aromatic carbocycles. The van der Waals surface area contributed by atoms with E-state index in [0.717, 1.165) is 25.0 Å². The minimum atomic E-state index is -1.64. The van der Waals surface area contributed by atoms with Crippen molar-refractivity contribution in [3.8, 4) is 11.5 Å². The minimum absolute atomic E-state index is 0.0743. The maximum atomic E-state index is 13.5. The summed E-state index contributed by atoms with van der Waals surface area (Å²) in [6.07, 6.45) is 0. The molecule has 16 nitrogen and oxygen atoms in total. The third kappa shape index (κ3) is 14.5. The molecule has 0 radical (unpaired) electrons. The highest BCUT2D eigenvalue weighted by atomic mass is 35.5. The van der Waals surface area contributed by atoms with Gasteiger partial charge in [0.25, 0.3) is 23.6 Å². The Morgan fingerprint density at radius 2 is 0.928 bits per heavy atom. The van der Waals surface area contributed by atoms with Crippen molar-refractivity contribution < 1.29 is 38.2 Å². The lowest BCUT2D eigenvalue weighted by Crippen LogP contribution is -2.32. The van der Waals surface area contributed by atoms with Gasteiger partial charge in [0.1, 0.15) is 11.5 Å². The van der Waals surface area contributed by atoms with E-state index in [-0.39, 0.29) is 54.7 Å². The van der Waals surface area contributed by atoms with E-state index in [0.29, 0.717) is 28.4 Å². The van der Waals surface area contributed by atoms with E-state index < -0.39 is 52.7 Å². The van der Waals surface area contributed by atoms with Gasteiger partial charge >= 0.3 is 0 Å². The van der Waals surface area contributed by atoms with Crippen LogP contribution < -0.4 is 30.7 Å². The normalized spacial score (nSPS) is 13.4. The molecule has 0 fully saturated rings. The largest absolute Gasteiger partial charge is 0.495 e. The summed E-state index contributed by atoms with van der Waals surface area (Å²) in [7, 11) is 2.91. The number of hydrogen-bond donors (Lipinski definition) is 4. The van der Waals surface area contributed by atoms with E-state index in [9.17, 15) is 28.8 Å². The van der Waals surface area contributed by atoms with Crippen molar-refractivity contribution in [1.29, 1.82) is 0 Å². The number of methoxy groups -OCH3 is 2. The first-order valence-corrected chi connectivity index (χ1v) is 22.8. The SMILES string of the molecule is COc1cc(C(C)Cl)ccc1NC(=O)c1cc(Cl)cc(N=NC(C(C)=O)C(=O)Nc2ccc(NC(=O)C(N=Nc3cc(Cl)cc(C(=O)Nc4ccc(C(C)Cl)cc4OC)c3)C(C)=O)c(C(C)Cl)c2)c1. The third-order valence-corrected chi connectivity index (χ3v) is 11.2. The molecule has 0 heterocycles. The molecular weight excluding hydrogens is 994 g/mol. The molecule has 5 aromatic rings. The number of alkyl halides is 3. The van der Waals surface area contributed by atoms with Gasteiger partial charge in [-0.05, 0) is 130 Å². The molecule has 4 N–H and O–H groups in total. The number of hydrogen-bond acceptors (Lipinski definition) is 12. The van der Waals surface area contributed by atoms with Crippen molar-refractivity contribution in [2.75, 3.05) is 35.5 Å². The molecule has 0 aliphatic rings. The van der Waals surface area contributed by atoms with Crippen LogP contribution in [0.5, 0.6) is 11.5 Å². The fourth-order valence-electron chi connectivity index (χ4n) is 6.41. The van der Waals surface area contributed by atoms with Crippen LogP contribution in [-0.4, -0.2) is 61.5 Å². The van der Waals surface area contributed by atoms with Gasteiger partial charge in [-0.2, -0.15) is 20.5 Å². The molecule has 360 valence electrons. The topological polar surface area (TPSA) is 218 Å². The number of Topliss-reactive ketones (excluding diaryl/α,β-unsaturated/α-hetero) is 2. The summed E-state index contributed by atoms with van der Waals surface area (Å²) in [6.45, 7) is 7.52. The van der Waals surface area contributed by atoms with Gasteiger partial charge in [-0.3, -0.25) is 28.8 Å². The molecule has 0 saturated carbocycles. The van der Waals surface area contributed by atoms with Crippen LogP contribution in [0.1, 0.15) is 88.2 Å². The first-order valence-electron chi connectivity index (χ1n) is 20.8. The van der Waals surface area contributed by atoms with E-state index in [1.807, 2.05) is 0 Å². The Balaban J connectivity index is 1.28. The average Bonchev–Trinajstić information content (AvgIpc) is 3.28. The molecule has 21 heteroatoms. The first kappa shape index (κ1) is 53.5. The number of ketones is 2. The zero-order valence-corrected chi connectivity index (χ0v) is 41.8. The standard InChI is InChI=1S/C48H45Cl5N8O8/c1-23(49)28-8-11-39(41(18-28)68-6)56-45(64)30-14-32(52)20-35(16-30)58-60-43(26(4)62)47(66)54-34-10-13-38(37(22-34)25(3)51)55-48(67)44(27(5)63)61-59-36-17-31(15-33(53)21-36)46(65)57-40-12-9-29(24(2)50)19-42(40)69-7/h8-25,43-44H,1-7H3,(H,54,66)(H,55,67)(H,56,64)(H,57,65). The lowest BCUT2D eigenvalue weighted by molar-refractivity contribution is -0.127. The zero-order chi connectivity index (χ0) is 50.7. The number of nitrogens with zero attached hydrogens (tertiary/aromatic N) is 4. The molecule has 0 aromatic heterocycles. The molecule has 0 spiro atoms. The Morgan fingerprint density at radius 1 is 0.507 bits per heavy atom. The molecule has 5 rings (SSSR count). The second-order valence-corrected chi connectivity index (χ2v) is 18.1. The maximum Gasteiger partial charge on any atom is 0.258 e. The van der Waals surface area contributed by atoms with Gasteiger partial charge in [0.15, 0.2) is 11.6 Å². The quantitative estimate of drug-likeness (QED) is 0.0353. The Bertz CT molecular complexity index is 2860. The molecule has 5 unspecified atom stereocenters. The molecule has 0 aliphatic heterocycles. The van der Waals surface area contributed by atoms with E-state index >= 15 is 0 Å². The summed E-state index contributed by atoms with van der Waals surface area (Å²) >= 11 is 31.6. The van der Waals surface area contributed by atoms with Gasteiger partial charge < -0.3 is 30.7 Å². The highest BCUT2D eigenvalue weighted by Crippen LogP contribution is 2.34. The van der Waals surface area contributed by atoms with Gasteiger partial charge in [-0.1, -0.05) is 35.3 Å². The molecule has 5 atom stereocenters. The Labute approximate surface area is 422 Å². The van der Waals surface area contributed by atoms with Crippen LogP contribution in [0.3, 0.4) is 0 Å². The number of rotatable bonds is 19. The number of anilines is 4. The van der Waals surface area contributed by atoms with Crippen LogP contribution in [-0.2, 0) is 19.2 Å². The van der Waals surface area contributed by atoms with Crippen molar-refractivity contribution >= 4 is 127 Å².